The maximum absolute atomic E-state index is 12.4. The lowest BCUT2D eigenvalue weighted by molar-refractivity contribution is -0.142. The van der Waals surface area contributed by atoms with Gasteiger partial charge in [0.15, 0.2) is 0 Å². The fourth-order valence-electron chi connectivity index (χ4n) is 2.53. The number of aliphatic carboxylic acids is 1. The van der Waals surface area contributed by atoms with Crippen LogP contribution in [0.25, 0.3) is 0 Å². The number of amides is 2. The van der Waals surface area contributed by atoms with Crippen LogP contribution < -0.4 is 0 Å². The molecular formula is C13H17BrN2O3S. The lowest BCUT2D eigenvalue weighted by Crippen LogP contribution is -2.47. The van der Waals surface area contributed by atoms with Crippen LogP contribution in [-0.4, -0.2) is 46.5 Å². The van der Waals surface area contributed by atoms with Gasteiger partial charge in [0, 0.05) is 20.1 Å². The average molecular weight is 361 g/mol. The number of halogens is 1. The molecule has 0 bridgehead atoms. The molecule has 7 heteroatoms. The van der Waals surface area contributed by atoms with Crippen molar-refractivity contribution in [1.29, 1.82) is 0 Å². The monoisotopic (exact) mass is 360 g/mol. The van der Waals surface area contributed by atoms with E-state index in [1.807, 2.05) is 18.4 Å². The number of carbonyl (C=O) groups is 2. The number of rotatable bonds is 3. The summed E-state index contributed by atoms with van der Waals surface area (Å²) in [5, 5.41) is 11.2. The van der Waals surface area contributed by atoms with Crippen molar-refractivity contribution >= 4 is 39.3 Å². The van der Waals surface area contributed by atoms with E-state index in [1.54, 1.807) is 23.3 Å². The Balaban J connectivity index is 2.04. The number of carboxylic acid groups (broad SMARTS) is 1. The summed E-state index contributed by atoms with van der Waals surface area (Å²) in [6.07, 6.45) is 0.737. The molecule has 2 heterocycles. The van der Waals surface area contributed by atoms with Crippen LogP contribution in [0.4, 0.5) is 4.79 Å². The predicted molar refractivity (Wildman–Crippen MR) is 80.8 cm³/mol. The Kier molecular flexibility index (Phi) is 4.70. The van der Waals surface area contributed by atoms with Gasteiger partial charge in [-0.15, -0.1) is 11.3 Å². The first-order chi connectivity index (χ1) is 9.40. The maximum Gasteiger partial charge on any atom is 0.326 e. The molecule has 1 aromatic heterocycles. The van der Waals surface area contributed by atoms with E-state index in [4.69, 9.17) is 0 Å². The first-order valence-corrected chi connectivity index (χ1v) is 8.05. The van der Waals surface area contributed by atoms with Crippen LogP contribution in [0.1, 0.15) is 18.9 Å². The molecule has 1 saturated heterocycles. The van der Waals surface area contributed by atoms with Gasteiger partial charge in [0.25, 0.3) is 0 Å². The Labute approximate surface area is 130 Å². The second kappa shape index (κ2) is 6.13. The third-order valence-corrected chi connectivity index (χ3v) is 5.12. The molecule has 1 aliphatic rings. The van der Waals surface area contributed by atoms with E-state index in [0.717, 1.165) is 15.8 Å². The Morgan fingerprint density at radius 1 is 1.60 bits per heavy atom. The molecule has 0 aliphatic carbocycles. The Hall–Kier alpha value is -1.08. The minimum atomic E-state index is -0.921. The van der Waals surface area contributed by atoms with Crippen molar-refractivity contribution in [3.05, 3.63) is 20.8 Å². The number of likely N-dealkylation sites (tertiary alicyclic amines) is 1. The molecule has 0 radical (unpaired) electrons. The van der Waals surface area contributed by atoms with Gasteiger partial charge in [0.1, 0.15) is 6.04 Å². The molecule has 1 aromatic rings. The van der Waals surface area contributed by atoms with Gasteiger partial charge in [-0.2, -0.15) is 0 Å². The Morgan fingerprint density at radius 3 is 2.85 bits per heavy atom. The zero-order chi connectivity index (χ0) is 14.9. The van der Waals surface area contributed by atoms with E-state index in [2.05, 4.69) is 15.9 Å². The number of hydrogen-bond acceptors (Lipinski definition) is 3. The van der Waals surface area contributed by atoms with Crippen molar-refractivity contribution in [1.82, 2.24) is 9.80 Å². The number of nitrogens with zero attached hydrogens (tertiary/aromatic N) is 2. The molecule has 2 amide bonds. The molecule has 1 N–H and O–H groups in total. The standard InChI is InChI=1S/C13H17BrN2O3S/c1-8-3-4-16(11(8)12(17)18)13(19)15(2)6-9-5-10(14)20-7-9/h5,7-8,11H,3-4,6H2,1-2H3,(H,17,18). The van der Waals surface area contributed by atoms with Gasteiger partial charge < -0.3 is 14.9 Å². The predicted octanol–water partition coefficient (Wildman–Crippen LogP) is 2.86. The fraction of sp³-hybridized carbons (Fsp3) is 0.538. The summed E-state index contributed by atoms with van der Waals surface area (Å²) in [7, 11) is 1.70. The van der Waals surface area contributed by atoms with Gasteiger partial charge in [-0.05, 0) is 45.3 Å². The normalized spacial score (nSPS) is 22.1. The topological polar surface area (TPSA) is 60.9 Å². The summed E-state index contributed by atoms with van der Waals surface area (Å²) >= 11 is 4.96. The summed E-state index contributed by atoms with van der Waals surface area (Å²) in [6, 6.07) is 1.04. The zero-order valence-electron chi connectivity index (χ0n) is 11.4. The molecule has 1 fully saturated rings. The highest BCUT2D eigenvalue weighted by Crippen LogP contribution is 2.26. The molecule has 0 saturated carbocycles. The smallest absolute Gasteiger partial charge is 0.326 e. The Bertz CT molecular complexity index is 519. The molecular weight excluding hydrogens is 344 g/mol. The summed E-state index contributed by atoms with van der Waals surface area (Å²) in [5.41, 5.74) is 1.04. The fourth-order valence-corrected chi connectivity index (χ4v) is 3.73. The minimum absolute atomic E-state index is 0.000131. The van der Waals surface area contributed by atoms with E-state index in [1.165, 1.54) is 4.90 Å². The van der Waals surface area contributed by atoms with Crippen LogP contribution in [0.3, 0.4) is 0 Å². The van der Waals surface area contributed by atoms with E-state index in [-0.39, 0.29) is 11.9 Å². The minimum Gasteiger partial charge on any atom is -0.480 e. The quantitative estimate of drug-likeness (QED) is 0.901. The third kappa shape index (κ3) is 3.15. The number of hydrogen-bond donors (Lipinski definition) is 1. The number of thiophene rings is 1. The summed E-state index contributed by atoms with van der Waals surface area (Å²) in [6.45, 7) is 2.87. The van der Waals surface area contributed by atoms with Gasteiger partial charge in [-0.25, -0.2) is 9.59 Å². The van der Waals surface area contributed by atoms with Crippen molar-refractivity contribution in [2.75, 3.05) is 13.6 Å². The van der Waals surface area contributed by atoms with E-state index < -0.39 is 12.0 Å². The van der Waals surface area contributed by atoms with E-state index >= 15 is 0 Å². The van der Waals surface area contributed by atoms with Crippen LogP contribution in [0, 0.1) is 5.92 Å². The van der Waals surface area contributed by atoms with Crippen molar-refractivity contribution in [3.63, 3.8) is 0 Å². The highest BCUT2D eigenvalue weighted by Gasteiger charge is 2.40. The molecule has 0 spiro atoms. The van der Waals surface area contributed by atoms with Crippen LogP contribution in [0.2, 0.25) is 0 Å². The van der Waals surface area contributed by atoms with Crippen LogP contribution >= 0.6 is 27.3 Å². The molecule has 5 nitrogen and oxygen atoms in total. The van der Waals surface area contributed by atoms with Crippen molar-refractivity contribution in [2.24, 2.45) is 5.92 Å². The van der Waals surface area contributed by atoms with Crippen LogP contribution in [0.5, 0.6) is 0 Å². The number of urea groups is 1. The lowest BCUT2D eigenvalue weighted by atomic mass is 10.0. The first kappa shape index (κ1) is 15.3. The SMILES string of the molecule is CC1CCN(C(=O)N(C)Cc2csc(Br)c2)C1C(=O)O. The highest BCUT2D eigenvalue weighted by atomic mass is 79.9. The average Bonchev–Trinajstić information content (AvgIpc) is 2.94. The molecule has 2 rings (SSSR count). The highest BCUT2D eigenvalue weighted by molar-refractivity contribution is 9.11. The van der Waals surface area contributed by atoms with Gasteiger partial charge in [0.05, 0.1) is 3.79 Å². The second-order valence-electron chi connectivity index (χ2n) is 5.14. The van der Waals surface area contributed by atoms with Gasteiger partial charge in [0.2, 0.25) is 0 Å². The molecule has 2 unspecified atom stereocenters. The number of carbonyl (C=O) groups excluding carboxylic acids is 1. The van der Waals surface area contributed by atoms with Gasteiger partial charge >= 0.3 is 12.0 Å². The van der Waals surface area contributed by atoms with Gasteiger partial charge in [-0.1, -0.05) is 6.92 Å². The molecule has 0 aromatic carbocycles. The zero-order valence-corrected chi connectivity index (χ0v) is 13.8. The summed E-state index contributed by atoms with van der Waals surface area (Å²) in [5.74, 6) is -0.921. The van der Waals surface area contributed by atoms with E-state index in [9.17, 15) is 14.7 Å². The third-order valence-electron chi connectivity index (χ3n) is 3.57. The van der Waals surface area contributed by atoms with Crippen molar-refractivity contribution < 1.29 is 14.7 Å². The van der Waals surface area contributed by atoms with E-state index in [0.29, 0.717) is 13.1 Å². The van der Waals surface area contributed by atoms with Crippen molar-refractivity contribution in [3.8, 4) is 0 Å². The van der Waals surface area contributed by atoms with Crippen LogP contribution in [-0.2, 0) is 11.3 Å². The largest absolute Gasteiger partial charge is 0.480 e. The van der Waals surface area contributed by atoms with Gasteiger partial charge in [-0.3, -0.25) is 0 Å². The summed E-state index contributed by atoms with van der Waals surface area (Å²) < 4.78 is 1.02. The second-order valence-corrected chi connectivity index (χ2v) is 7.43. The maximum atomic E-state index is 12.4. The van der Waals surface area contributed by atoms with Crippen molar-refractivity contribution in [2.45, 2.75) is 25.9 Å². The Morgan fingerprint density at radius 2 is 2.30 bits per heavy atom. The molecule has 2 atom stereocenters. The van der Waals surface area contributed by atoms with Crippen LogP contribution in [0.15, 0.2) is 15.2 Å². The molecule has 1 aliphatic heterocycles. The first-order valence-electron chi connectivity index (χ1n) is 6.37. The molecule has 110 valence electrons. The summed E-state index contributed by atoms with van der Waals surface area (Å²) in [4.78, 5) is 26.7. The number of carboxylic acids is 1. The molecule has 20 heavy (non-hydrogen) atoms. The lowest BCUT2D eigenvalue weighted by Gasteiger charge is -2.28.